The standard InChI is InChI=1S/C21H22N4O2S/c1-13-8-7-9-14(2)18(13)25-17(16-10-5-4-6-11-16)12-23-21(25)28-15(3)19(26)24-20(22)27/h4-12,15H,1-3H3,(H3,22,24,26,27). The summed E-state index contributed by atoms with van der Waals surface area (Å²) in [5, 5.41) is 2.25. The number of imide groups is 1. The smallest absolute Gasteiger partial charge is 0.318 e. The third-order valence-corrected chi connectivity index (χ3v) is 5.43. The second-order valence-corrected chi connectivity index (χ2v) is 7.79. The highest BCUT2D eigenvalue weighted by Crippen LogP contribution is 2.34. The second kappa shape index (κ2) is 8.31. The van der Waals surface area contributed by atoms with Gasteiger partial charge in [-0.15, -0.1) is 0 Å². The number of urea groups is 1. The van der Waals surface area contributed by atoms with Gasteiger partial charge in [0.15, 0.2) is 5.16 Å². The molecule has 1 atom stereocenters. The molecule has 0 radical (unpaired) electrons. The molecule has 0 spiro atoms. The van der Waals surface area contributed by atoms with E-state index in [9.17, 15) is 9.59 Å². The Morgan fingerprint density at radius 3 is 2.32 bits per heavy atom. The minimum Gasteiger partial charge on any atom is -0.351 e. The number of carbonyl (C=O) groups excluding carboxylic acids is 2. The molecule has 0 bridgehead atoms. The fraction of sp³-hybridized carbons (Fsp3) is 0.190. The van der Waals surface area contributed by atoms with Crippen molar-refractivity contribution in [2.75, 3.05) is 0 Å². The zero-order valence-corrected chi connectivity index (χ0v) is 16.8. The van der Waals surface area contributed by atoms with Gasteiger partial charge < -0.3 is 5.73 Å². The average Bonchev–Trinajstić information content (AvgIpc) is 3.05. The van der Waals surface area contributed by atoms with E-state index in [4.69, 9.17) is 5.73 Å². The van der Waals surface area contributed by atoms with Crippen molar-refractivity contribution in [3.05, 3.63) is 65.9 Å². The van der Waals surface area contributed by atoms with Gasteiger partial charge in [-0.05, 0) is 31.9 Å². The first-order valence-corrected chi connectivity index (χ1v) is 9.73. The summed E-state index contributed by atoms with van der Waals surface area (Å²) in [4.78, 5) is 27.7. The van der Waals surface area contributed by atoms with Crippen LogP contribution in [0.1, 0.15) is 18.1 Å². The Bertz CT molecular complexity index is 994. The Kier molecular flexibility index (Phi) is 5.84. The van der Waals surface area contributed by atoms with Crippen molar-refractivity contribution in [1.82, 2.24) is 14.9 Å². The van der Waals surface area contributed by atoms with Crippen LogP contribution in [0.4, 0.5) is 4.79 Å². The number of thioether (sulfide) groups is 1. The molecule has 7 heteroatoms. The molecule has 0 aliphatic heterocycles. The van der Waals surface area contributed by atoms with Gasteiger partial charge in [-0.1, -0.05) is 60.3 Å². The Labute approximate surface area is 168 Å². The number of para-hydroxylation sites is 1. The maximum absolute atomic E-state index is 12.1. The number of amides is 3. The van der Waals surface area contributed by atoms with Gasteiger partial charge in [0.05, 0.1) is 22.8 Å². The van der Waals surface area contributed by atoms with Gasteiger partial charge >= 0.3 is 6.03 Å². The molecule has 0 aliphatic rings. The molecule has 28 heavy (non-hydrogen) atoms. The lowest BCUT2D eigenvalue weighted by molar-refractivity contribution is -0.119. The van der Waals surface area contributed by atoms with E-state index in [1.165, 1.54) is 11.8 Å². The number of nitrogens with one attached hydrogen (secondary N) is 1. The molecule has 0 saturated heterocycles. The molecule has 3 aromatic rings. The number of nitrogens with two attached hydrogens (primary N) is 1. The van der Waals surface area contributed by atoms with E-state index in [-0.39, 0.29) is 0 Å². The molecule has 0 fully saturated rings. The van der Waals surface area contributed by atoms with Gasteiger partial charge in [-0.2, -0.15) is 0 Å². The van der Waals surface area contributed by atoms with Crippen LogP contribution in [0.15, 0.2) is 59.9 Å². The maximum atomic E-state index is 12.1. The van der Waals surface area contributed by atoms with Crippen molar-refractivity contribution >= 4 is 23.7 Å². The van der Waals surface area contributed by atoms with Gasteiger partial charge in [0.1, 0.15) is 0 Å². The molecule has 3 amide bonds. The van der Waals surface area contributed by atoms with Crippen LogP contribution in [0.5, 0.6) is 0 Å². The van der Waals surface area contributed by atoms with Crippen molar-refractivity contribution < 1.29 is 9.59 Å². The quantitative estimate of drug-likeness (QED) is 0.644. The van der Waals surface area contributed by atoms with E-state index >= 15 is 0 Å². The van der Waals surface area contributed by atoms with E-state index in [0.29, 0.717) is 5.16 Å². The zero-order valence-electron chi connectivity index (χ0n) is 16.0. The van der Waals surface area contributed by atoms with Gasteiger partial charge in [0, 0.05) is 5.56 Å². The minimum atomic E-state index is -0.861. The predicted molar refractivity (Wildman–Crippen MR) is 112 cm³/mol. The molecule has 1 aromatic heterocycles. The Hall–Kier alpha value is -3.06. The third-order valence-electron chi connectivity index (χ3n) is 4.36. The van der Waals surface area contributed by atoms with E-state index in [1.54, 1.807) is 6.92 Å². The Balaban J connectivity index is 2.10. The maximum Gasteiger partial charge on any atom is 0.318 e. The fourth-order valence-electron chi connectivity index (χ4n) is 3.04. The van der Waals surface area contributed by atoms with Crippen LogP contribution in [0.25, 0.3) is 16.9 Å². The molecule has 1 heterocycles. The number of nitrogens with zero attached hydrogens (tertiary/aromatic N) is 2. The van der Waals surface area contributed by atoms with E-state index in [2.05, 4.69) is 40.8 Å². The lowest BCUT2D eigenvalue weighted by Crippen LogP contribution is -2.39. The fourth-order valence-corrected chi connectivity index (χ4v) is 3.93. The first-order chi connectivity index (χ1) is 13.4. The van der Waals surface area contributed by atoms with Crippen molar-refractivity contribution in [2.24, 2.45) is 5.73 Å². The zero-order chi connectivity index (χ0) is 20.3. The number of rotatable bonds is 5. The lowest BCUT2D eigenvalue weighted by atomic mass is 10.1. The first-order valence-electron chi connectivity index (χ1n) is 8.85. The summed E-state index contributed by atoms with van der Waals surface area (Å²) in [6, 6.07) is 15.2. The van der Waals surface area contributed by atoms with Crippen molar-refractivity contribution in [1.29, 1.82) is 0 Å². The van der Waals surface area contributed by atoms with Crippen LogP contribution in [0.2, 0.25) is 0 Å². The number of carbonyl (C=O) groups is 2. The number of primary amides is 1. The van der Waals surface area contributed by atoms with Crippen molar-refractivity contribution in [2.45, 2.75) is 31.2 Å². The summed E-state index contributed by atoms with van der Waals surface area (Å²) in [6.07, 6.45) is 1.81. The minimum absolute atomic E-state index is 0.449. The summed E-state index contributed by atoms with van der Waals surface area (Å²) >= 11 is 1.28. The number of aryl methyl sites for hydroxylation is 2. The normalized spacial score (nSPS) is 11.8. The Morgan fingerprint density at radius 2 is 1.71 bits per heavy atom. The van der Waals surface area contributed by atoms with Crippen LogP contribution >= 0.6 is 11.8 Å². The number of imidazole rings is 1. The summed E-state index contributed by atoms with van der Waals surface area (Å²) in [6.45, 7) is 5.82. The van der Waals surface area contributed by atoms with E-state index < -0.39 is 17.2 Å². The summed E-state index contributed by atoms with van der Waals surface area (Å²) in [5.74, 6) is -0.449. The van der Waals surface area contributed by atoms with Crippen molar-refractivity contribution in [3.63, 3.8) is 0 Å². The molecule has 0 aliphatic carbocycles. The highest BCUT2D eigenvalue weighted by Gasteiger charge is 2.22. The highest BCUT2D eigenvalue weighted by molar-refractivity contribution is 8.00. The molecule has 144 valence electrons. The lowest BCUT2D eigenvalue weighted by Gasteiger charge is -2.18. The number of hydrogen-bond acceptors (Lipinski definition) is 4. The second-order valence-electron chi connectivity index (χ2n) is 6.48. The largest absolute Gasteiger partial charge is 0.351 e. The van der Waals surface area contributed by atoms with Crippen LogP contribution in [-0.4, -0.2) is 26.7 Å². The Morgan fingerprint density at radius 1 is 1.07 bits per heavy atom. The first kappa shape index (κ1) is 19.7. The highest BCUT2D eigenvalue weighted by atomic mass is 32.2. The van der Waals surface area contributed by atoms with E-state index in [1.807, 2.05) is 42.6 Å². The van der Waals surface area contributed by atoms with Crippen LogP contribution in [0.3, 0.4) is 0 Å². The van der Waals surface area contributed by atoms with Crippen LogP contribution in [-0.2, 0) is 4.79 Å². The number of aromatic nitrogens is 2. The van der Waals surface area contributed by atoms with Gasteiger partial charge in [-0.25, -0.2) is 9.78 Å². The molecule has 3 rings (SSSR count). The molecular weight excluding hydrogens is 372 g/mol. The SMILES string of the molecule is Cc1cccc(C)c1-n1c(-c2ccccc2)cnc1SC(C)C(=O)NC(N)=O. The molecule has 6 nitrogen and oxygen atoms in total. The molecule has 3 N–H and O–H groups in total. The van der Waals surface area contributed by atoms with Crippen LogP contribution < -0.4 is 11.1 Å². The molecule has 2 aromatic carbocycles. The summed E-state index contributed by atoms with van der Waals surface area (Å²) in [7, 11) is 0. The predicted octanol–water partition coefficient (Wildman–Crippen LogP) is 3.83. The number of hydrogen-bond donors (Lipinski definition) is 2. The summed E-state index contributed by atoms with van der Waals surface area (Å²) in [5.41, 5.74) is 10.3. The molecule has 1 unspecified atom stereocenters. The summed E-state index contributed by atoms with van der Waals surface area (Å²) < 4.78 is 2.07. The van der Waals surface area contributed by atoms with E-state index in [0.717, 1.165) is 28.1 Å². The van der Waals surface area contributed by atoms with Gasteiger partial charge in [0.2, 0.25) is 5.91 Å². The van der Waals surface area contributed by atoms with Gasteiger partial charge in [0.25, 0.3) is 0 Å². The topological polar surface area (TPSA) is 90.0 Å². The van der Waals surface area contributed by atoms with Crippen LogP contribution in [0, 0.1) is 13.8 Å². The molecule has 0 saturated carbocycles. The van der Waals surface area contributed by atoms with Gasteiger partial charge in [-0.3, -0.25) is 14.7 Å². The third kappa shape index (κ3) is 4.09. The number of benzene rings is 2. The van der Waals surface area contributed by atoms with Crippen molar-refractivity contribution in [3.8, 4) is 16.9 Å². The molecular formula is C21H22N4O2S. The average molecular weight is 395 g/mol. The monoisotopic (exact) mass is 394 g/mol.